The van der Waals surface area contributed by atoms with Gasteiger partial charge in [0.2, 0.25) is 0 Å². The SMILES string of the molecule is O[C@@H]1CC2(CCCOCC2)Oc2cc(Br)ccc21. The van der Waals surface area contributed by atoms with Crippen molar-refractivity contribution in [2.45, 2.75) is 37.4 Å². The largest absolute Gasteiger partial charge is 0.487 e. The molecule has 1 fully saturated rings. The summed E-state index contributed by atoms with van der Waals surface area (Å²) in [4.78, 5) is 0. The van der Waals surface area contributed by atoms with Crippen molar-refractivity contribution < 1.29 is 14.6 Å². The Balaban J connectivity index is 1.93. The molecule has 1 saturated heterocycles. The van der Waals surface area contributed by atoms with Gasteiger partial charge in [0.05, 0.1) is 12.7 Å². The molecule has 3 nitrogen and oxygen atoms in total. The van der Waals surface area contributed by atoms with E-state index in [1.165, 1.54) is 0 Å². The number of fused-ring (bicyclic) bond motifs is 1. The second kappa shape index (κ2) is 4.83. The summed E-state index contributed by atoms with van der Waals surface area (Å²) in [5, 5.41) is 10.3. The van der Waals surface area contributed by atoms with E-state index in [9.17, 15) is 5.11 Å². The maximum absolute atomic E-state index is 10.3. The molecular formula is C14H17BrO3. The van der Waals surface area contributed by atoms with Gasteiger partial charge in [-0.2, -0.15) is 0 Å². The van der Waals surface area contributed by atoms with Crippen LogP contribution in [0, 0.1) is 0 Å². The Hall–Kier alpha value is -0.580. The third kappa shape index (κ3) is 2.29. The van der Waals surface area contributed by atoms with E-state index in [-0.39, 0.29) is 5.60 Å². The lowest BCUT2D eigenvalue weighted by Gasteiger charge is -2.40. The van der Waals surface area contributed by atoms with Gasteiger partial charge < -0.3 is 14.6 Å². The molecule has 1 unspecified atom stereocenters. The highest BCUT2D eigenvalue weighted by Crippen LogP contribution is 2.44. The van der Waals surface area contributed by atoms with Crippen LogP contribution >= 0.6 is 15.9 Å². The Kier molecular flexibility index (Phi) is 3.34. The molecule has 1 aromatic carbocycles. The van der Waals surface area contributed by atoms with E-state index in [2.05, 4.69) is 15.9 Å². The average molecular weight is 313 g/mol. The van der Waals surface area contributed by atoms with Gasteiger partial charge in [-0.05, 0) is 25.0 Å². The minimum absolute atomic E-state index is 0.246. The molecule has 2 heterocycles. The monoisotopic (exact) mass is 312 g/mol. The highest BCUT2D eigenvalue weighted by Gasteiger charge is 2.40. The molecule has 1 aromatic rings. The lowest BCUT2D eigenvalue weighted by Crippen LogP contribution is -2.41. The highest BCUT2D eigenvalue weighted by atomic mass is 79.9. The maximum atomic E-state index is 10.3. The van der Waals surface area contributed by atoms with Crippen LogP contribution in [0.2, 0.25) is 0 Å². The van der Waals surface area contributed by atoms with Gasteiger partial charge in [0, 0.05) is 29.5 Å². The Bertz CT molecular complexity index is 439. The van der Waals surface area contributed by atoms with Crippen LogP contribution in [0.4, 0.5) is 0 Å². The zero-order valence-electron chi connectivity index (χ0n) is 10.2. The molecule has 18 heavy (non-hydrogen) atoms. The molecule has 4 heteroatoms. The highest BCUT2D eigenvalue weighted by molar-refractivity contribution is 9.10. The number of hydrogen-bond donors (Lipinski definition) is 1. The molecule has 0 aromatic heterocycles. The van der Waals surface area contributed by atoms with Crippen LogP contribution in [0.1, 0.15) is 37.4 Å². The molecule has 2 aliphatic rings. The minimum Gasteiger partial charge on any atom is -0.487 e. The number of halogens is 1. The van der Waals surface area contributed by atoms with Gasteiger partial charge >= 0.3 is 0 Å². The summed E-state index contributed by atoms with van der Waals surface area (Å²) in [5.41, 5.74) is 0.651. The van der Waals surface area contributed by atoms with Gasteiger partial charge in [-0.25, -0.2) is 0 Å². The summed E-state index contributed by atoms with van der Waals surface area (Å²) in [7, 11) is 0. The maximum Gasteiger partial charge on any atom is 0.127 e. The predicted molar refractivity (Wildman–Crippen MR) is 71.7 cm³/mol. The van der Waals surface area contributed by atoms with E-state index < -0.39 is 6.10 Å². The van der Waals surface area contributed by atoms with Crippen LogP contribution in [-0.4, -0.2) is 23.9 Å². The van der Waals surface area contributed by atoms with Gasteiger partial charge in [0.15, 0.2) is 0 Å². The summed E-state index contributed by atoms with van der Waals surface area (Å²) in [6.07, 6.45) is 3.05. The standard InChI is InChI=1S/C14H17BrO3/c15-10-2-3-11-12(16)9-14(18-13(11)8-10)4-1-6-17-7-5-14/h2-3,8,12,16H,1,4-7,9H2/t12-,14?/m1/s1. The first-order valence-electron chi connectivity index (χ1n) is 6.43. The van der Waals surface area contributed by atoms with Crippen molar-refractivity contribution in [1.82, 2.24) is 0 Å². The van der Waals surface area contributed by atoms with Gasteiger partial charge in [-0.1, -0.05) is 22.0 Å². The Morgan fingerprint density at radius 2 is 2.17 bits per heavy atom. The van der Waals surface area contributed by atoms with Crippen molar-refractivity contribution in [3.05, 3.63) is 28.2 Å². The molecule has 3 rings (SSSR count). The smallest absolute Gasteiger partial charge is 0.127 e. The zero-order valence-corrected chi connectivity index (χ0v) is 11.8. The van der Waals surface area contributed by atoms with Crippen LogP contribution in [-0.2, 0) is 4.74 Å². The van der Waals surface area contributed by atoms with E-state index in [1.54, 1.807) is 0 Å². The summed E-state index contributed by atoms with van der Waals surface area (Å²) in [6, 6.07) is 5.83. The van der Waals surface area contributed by atoms with Gasteiger partial charge in [0.1, 0.15) is 11.4 Å². The third-order valence-corrected chi connectivity index (χ3v) is 4.34. The first-order chi connectivity index (χ1) is 8.69. The molecule has 0 radical (unpaired) electrons. The average Bonchev–Trinajstić information content (AvgIpc) is 2.54. The lowest BCUT2D eigenvalue weighted by molar-refractivity contribution is -0.0272. The van der Waals surface area contributed by atoms with Crippen molar-refractivity contribution in [3.8, 4) is 5.75 Å². The molecular weight excluding hydrogens is 296 g/mol. The van der Waals surface area contributed by atoms with Crippen molar-refractivity contribution in [1.29, 1.82) is 0 Å². The fourth-order valence-corrected chi connectivity index (χ4v) is 3.24. The van der Waals surface area contributed by atoms with E-state index in [0.29, 0.717) is 6.42 Å². The molecule has 0 bridgehead atoms. The first-order valence-corrected chi connectivity index (χ1v) is 7.22. The topological polar surface area (TPSA) is 38.7 Å². The number of hydrogen-bond acceptors (Lipinski definition) is 3. The van der Waals surface area contributed by atoms with Crippen LogP contribution in [0.5, 0.6) is 5.75 Å². The van der Waals surface area contributed by atoms with Crippen molar-refractivity contribution in [2.24, 2.45) is 0 Å². The second-order valence-electron chi connectivity index (χ2n) is 5.15. The van der Waals surface area contributed by atoms with E-state index in [4.69, 9.17) is 9.47 Å². The Labute approximate surface area is 115 Å². The molecule has 2 atom stereocenters. The molecule has 1 N–H and O–H groups in total. The zero-order chi connectivity index (χ0) is 12.6. The first kappa shape index (κ1) is 12.5. The molecule has 1 spiro atoms. The summed E-state index contributed by atoms with van der Waals surface area (Å²) in [6.45, 7) is 1.52. The van der Waals surface area contributed by atoms with Crippen LogP contribution in [0.15, 0.2) is 22.7 Å². The number of benzene rings is 1. The van der Waals surface area contributed by atoms with E-state index in [1.807, 2.05) is 18.2 Å². The van der Waals surface area contributed by atoms with Crippen molar-refractivity contribution in [2.75, 3.05) is 13.2 Å². The minimum atomic E-state index is -0.431. The van der Waals surface area contributed by atoms with Gasteiger partial charge in [0.25, 0.3) is 0 Å². The predicted octanol–water partition coefficient (Wildman–Crippen LogP) is 3.20. The van der Waals surface area contributed by atoms with Crippen molar-refractivity contribution >= 4 is 15.9 Å². The summed E-state index contributed by atoms with van der Waals surface area (Å²) < 4.78 is 12.7. The molecule has 0 saturated carbocycles. The number of aliphatic hydroxyl groups is 1. The second-order valence-corrected chi connectivity index (χ2v) is 6.07. The lowest BCUT2D eigenvalue weighted by atomic mass is 9.83. The Morgan fingerprint density at radius 1 is 1.28 bits per heavy atom. The van der Waals surface area contributed by atoms with E-state index in [0.717, 1.165) is 48.3 Å². The third-order valence-electron chi connectivity index (χ3n) is 3.85. The number of ether oxygens (including phenoxy) is 2. The fourth-order valence-electron chi connectivity index (χ4n) is 2.90. The van der Waals surface area contributed by atoms with Gasteiger partial charge in [-0.15, -0.1) is 0 Å². The molecule has 0 amide bonds. The summed E-state index contributed by atoms with van der Waals surface area (Å²) >= 11 is 3.45. The quantitative estimate of drug-likeness (QED) is 0.799. The fraction of sp³-hybridized carbons (Fsp3) is 0.571. The van der Waals surface area contributed by atoms with Crippen molar-refractivity contribution in [3.63, 3.8) is 0 Å². The summed E-state index contributed by atoms with van der Waals surface area (Å²) in [5.74, 6) is 0.810. The van der Waals surface area contributed by atoms with Crippen LogP contribution in [0.25, 0.3) is 0 Å². The van der Waals surface area contributed by atoms with Crippen LogP contribution < -0.4 is 4.74 Å². The van der Waals surface area contributed by atoms with Crippen LogP contribution in [0.3, 0.4) is 0 Å². The molecule has 98 valence electrons. The Morgan fingerprint density at radius 3 is 3.06 bits per heavy atom. The van der Waals surface area contributed by atoms with Gasteiger partial charge in [-0.3, -0.25) is 0 Å². The molecule has 2 aliphatic heterocycles. The van der Waals surface area contributed by atoms with E-state index >= 15 is 0 Å². The number of aliphatic hydroxyl groups excluding tert-OH is 1. The number of rotatable bonds is 0. The normalized spacial score (nSPS) is 31.6. The molecule has 0 aliphatic carbocycles.